The van der Waals surface area contributed by atoms with Crippen LogP contribution in [0.15, 0.2) is 77.7 Å². The van der Waals surface area contributed by atoms with Crippen molar-refractivity contribution in [3.05, 3.63) is 95.1 Å². The van der Waals surface area contributed by atoms with E-state index in [0.29, 0.717) is 11.7 Å². The van der Waals surface area contributed by atoms with Crippen LogP contribution in [0.25, 0.3) is 0 Å². The zero-order valence-corrected chi connectivity index (χ0v) is 19.7. The van der Waals surface area contributed by atoms with Crippen molar-refractivity contribution in [3.63, 3.8) is 0 Å². The Kier molecular flexibility index (Phi) is 6.81. The first kappa shape index (κ1) is 23.0. The lowest BCUT2D eigenvalue weighted by Gasteiger charge is -2.23. The Bertz CT molecular complexity index is 1230. The van der Waals surface area contributed by atoms with E-state index in [1.807, 2.05) is 55.5 Å². The van der Waals surface area contributed by atoms with Crippen molar-refractivity contribution in [2.24, 2.45) is 0 Å². The molecule has 0 saturated carbocycles. The third-order valence-electron chi connectivity index (χ3n) is 5.91. The highest BCUT2D eigenvalue weighted by Crippen LogP contribution is 2.23. The molecule has 2 atom stereocenters. The quantitative estimate of drug-likeness (QED) is 0.499. The fourth-order valence-electron chi connectivity index (χ4n) is 4.05. The van der Waals surface area contributed by atoms with Crippen LogP contribution in [-0.2, 0) is 28.6 Å². The van der Waals surface area contributed by atoms with Crippen LogP contribution in [-0.4, -0.2) is 20.5 Å². The number of amides is 2. The van der Waals surface area contributed by atoms with Gasteiger partial charge in [0.25, 0.3) is 0 Å². The van der Waals surface area contributed by atoms with Gasteiger partial charge in [0.2, 0.25) is 0 Å². The number of urea groups is 1. The molecule has 172 valence electrons. The molecule has 0 fully saturated rings. The molecule has 3 N–H and O–H groups in total. The van der Waals surface area contributed by atoms with E-state index < -0.39 is 9.84 Å². The van der Waals surface area contributed by atoms with Crippen molar-refractivity contribution in [2.45, 2.75) is 49.5 Å². The molecule has 0 bridgehead atoms. The van der Waals surface area contributed by atoms with Gasteiger partial charge in [-0.1, -0.05) is 48.5 Å². The van der Waals surface area contributed by atoms with E-state index >= 15 is 0 Å². The molecule has 1 aliphatic heterocycles. The van der Waals surface area contributed by atoms with Gasteiger partial charge in [0.05, 0.1) is 16.7 Å². The molecule has 1 heterocycles. The fourth-order valence-corrected chi connectivity index (χ4v) is 5.39. The molecule has 33 heavy (non-hydrogen) atoms. The maximum Gasteiger partial charge on any atom is 0.319 e. The summed E-state index contributed by atoms with van der Waals surface area (Å²) in [6, 6.07) is 21.8. The smallest absolute Gasteiger partial charge is 0.319 e. The number of nitrogens with one attached hydrogen (secondary N) is 3. The van der Waals surface area contributed by atoms with E-state index in [1.54, 1.807) is 12.1 Å². The summed E-state index contributed by atoms with van der Waals surface area (Å²) in [5.74, 6) is -0.0516. The van der Waals surface area contributed by atoms with E-state index in [9.17, 15) is 13.2 Å². The first-order chi connectivity index (χ1) is 15.8. The standard InChI is InChI=1S/C26H29N3O3S/c1-18-14-23-15-20(8-9-22(23)16-27-18)17-33(31,32)25-12-10-24(11-13-25)29-26(30)28-19(2)21-6-4-3-5-7-21/h3-13,15,18-19,27H,14,16-17H2,1-2H3,(H2,28,29,30). The molecule has 0 spiro atoms. The lowest BCUT2D eigenvalue weighted by atomic mass is 9.95. The van der Waals surface area contributed by atoms with Crippen molar-refractivity contribution in [1.29, 1.82) is 0 Å². The van der Waals surface area contributed by atoms with Gasteiger partial charge in [-0.15, -0.1) is 0 Å². The molecule has 0 saturated heterocycles. The summed E-state index contributed by atoms with van der Waals surface area (Å²) in [7, 11) is -3.50. The van der Waals surface area contributed by atoms with Crippen molar-refractivity contribution < 1.29 is 13.2 Å². The number of hydrogen-bond acceptors (Lipinski definition) is 4. The summed E-state index contributed by atoms with van der Waals surface area (Å²) in [4.78, 5) is 12.5. The Morgan fingerprint density at radius 2 is 1.76 bits per heavy atom. The summed E-state index contributed by atoms with van der Waals surface area (Å²) >= 11 is 0. The van der Waals surface area contributed by atoms with Crippen molar-refractivity contribution in [2.75, 3.05) is 5.32 Å². The third-order valence-corrected chi connectivity index (χ3v) is 7.62. The Labute approximate surface area is 195 Å². The molecular weight excluding hydrogens is 434 g/mol. The van der Waals surface area contributed by atoms with E-state index in [-0.39, 0.29) is 22.7 Å². The van der Waals surface area contributed by atoms with Gasteiger partial charge in [-0.05, 0) is 66.8 Å². The van der Waals surface area contributed by atoms with E-state index in [2.05, 4.69) is 22.9 Å². The van der Waals surface area contributed by atoms with Crippen molar-refractivity contribution in [1.82, 2.24) is 10.6 Å². The molecule has 4 rings (SSSR count). The minimum absolute atomic E-state index is 0.0516. The van der Waals surface area contributed by atoms with Gasteiger partial charge in [0, 0.05) is 18.3 Å². The number of fused-ring (bicyclic) bond motifs is 1. The van der Waals surface area contributed by atoms with Crippen LogP contribution in [0.5, 0.6) is 0 Å². The number of benzene rings is 3. The Morgan fingerprint density at radius 1 is 1.03 bits per heavy atom. The number of hydrogen-bond donors (Lipinski definition) is 3. The normalized spacial score (nSPS) is 16.5. The Balaban J connectivity index is 1.39. The van der Waals surface area contributed by atoms with E-state index in [4.69, 9.17) is 0 Å². The third kappa shape index (κ3) is 5.80. The monoisotopic (exact) mass is 463 g/mol. The van der Waals surface area contributed by atoms with Gasteiger partial charge in [-0.2, -0.15) is 0 Å². The largest absolute Gasteiger partial charge is 0.331 e. The first-order valence-corrected chi connectivity index (χ1v) is 12.7. The molecule has 2 unspecified atom stereocenters. The number of carbonyl (C=O) groups excluding carboxylic acids is 1. The second kappa shape index (κ2) is 9.77. The zero-order valence-electron chi connectivity index (χ0n) is 18.8. The molecule has 3 aromatic carbocycles. The topological polar surface area (TPSA) is 87.3 Å². The fraction of sp³-hybridized carbons (Fsp3) is 0.269. The summed E-state index contributed by atoms with van der Waals surface area (Å²) in [5, 5.41) is 9.05. The maximum atomic E-state index is 13.0. The lowest BCUT2D eigenvalue weighted by Crippen LogP contribution is -2.32. The number of carbonyl (C=O) groups is 1. The number of rotatable bonds is 6. The number of anilines is 1. The summed E-state index contributed by atoms with van der Waals surface area (Å²) in [6.07, 6.45) is 0.897. The average molecular weight is 464 g/mol. The molecule has 0 aromatic heterocycles. The van der Waals surface area contributed by atoms with Gasteiger partial charge in [-0.3, -0.25) is 0 Å². The molecule has 3 aromatic rings. The SMILES string of the molecule is CC1Cc2cc(CS(=O)(=O)c3ccc(NC(=O)NC(C)c4ccccc4)cc3)ccc2CN1. The maximum absolute atomic E-state index is 13.0. The van der Waals surface area contributed by atoms with Gasteiger partial charge < -0.3 is 16.0 Å². The highest BCUT2D eigenvalue weighted by Gasteiger charge is 2.19. The minimum Gasteiger partial charge on any atom is -0.331 e. The van der Waals surface area contributed by atoms with Gasteiger partial charge in [0.15, 0.2) is 9.84 Å². The minimum atomic E-state index is -3.50. The average Bonchev–Trinajstić information content (AvgIpc) is 2.79. The molecule has 0 radical (unpaired) electrons. The predicted octanol–water partition coefficient (Wildman–Crippen LogP) is 4.58. The van der Waals surface area contributed by atoms with Gasteiger partial charge in [0.1, 0.15) is 0 Å². The number of sulfone groups is 1. The van der Waals surface area contributed by atoms with E-state index in [0.717, 1.165) is 24.1 Å². The highest BCUT2D eigenvalue weighted by atomic mass is 32.2. The van der Waals surface area contributed by atoms with Crippen LogP contribution in [0.4, 0.5) is 10.5 Å². The van der Waals surface area contributed by atoms with Crippen LogP contribution in [0.1, 0.15) is 42.1 Å². The Hall–Kier alpha value is -3.16. The molecule has 0 aliphatic carbocycles. The van der Waals surface area contributed by atoms with Crippen LogP contribution >= 0.6 is 0 Å². The van der Waals surface area contributed by atoms with Crippen molar-refractivity contribution in [3.8, 4) is 0 Å². The summed E-state index contributed by atoms with van der Waals surface area (Å²) in [6.45, 7) is 4.85. The Morgan fingerprint density at radius 3 is 2.48 bits per heavy atom. The molecule has 1 aliphatic rings. The summed E-state index contributed by atoms with van der Waals surface area (Å²) < 4.78 is 25.9. The van der Waals surface area contributed by atoms with Crippen LogP contribution < -0.4 is 16.0 Å². The predicted molar refractivity (Wildman–Crippen MR) is 131 cm³/mol. The molecule has 7 heteroatoms. The van der Waals surface area contributed by atoms with Gasteiger partial charge in [-0.25, -0.2) is 13.2 Å². The zero-order chi connectivity index (χ0) is 23.4. The molecular formula is C26H29N3O3S. The first-order valence-electron chi connectivity index (χ1n) is 11.1. The van der Waals surface area contributed by atoms with Crippen LogP contribution in [0.3, 0.4) is 0 Å². The molecule has 2 amide bonds. The summed E-state index contributed by atoms with van der Waals surface area (Å²) in [5.41, 5.74) is 4.76. The lowest BCUT2D eigenvalue weighted by molar-refractivity contribution is 0.249. The molecule has 6 nitrogen and oxygen atoms in total. The van der Waals surface area contributed by atoms with Gasteiger partial charge >= 0.3 is 6.03 Å². The second-order valence-corrected chi connectivity index (χ2v) is 10.6. The highest BCUT2D eigenvalue weighted by molar-refractivity contribution is 7.90. The second-order valence-electron chi connectivity index (χ2n) is 8.60. The van der Waals surface area contributed by atoms with E-state index in [1.165, 1.54) is 23.3 Å². The van der Waals surface area contributed by atoms with Crippen molar-refractivity contribution >= 4 is 21.6 Å². The van der Waals surface area contributed by atoms with Crippen LogP contribution in [0.2, 0.25) is 0 Å². The van der Waals surface area contributed by atoms with Crippen LogP contribution in [0, 0.1) is 0 Å².